The summed E-state index contributed by atoms with van der Waals surface area (Å²) in [5.74, 6) is -0.0639. The number of hydrogen-bond donors (Lipinski definition) is 2. The fraction of sp³-hybridized carbons (Fsp3) is 0.350. The molecule has 8 heteroatoms. The number of nitrogens with one attached hydrogen (secondary N) is 2. The molecule has 0 unspecified atom stereocenters. The van der Waals surface area contributed by atoms with Gasteiger partial charge in [0.1, 0.15) is 5.75 Å². The van der Waals surface area contributed by atoms with E-state index < -0.39 is 5.91 Å². The van der Waals surface area contributed by atoms with Crippen molar-refractivity contribution >= 4 is 40.5 Å². The van der Waals surface area contributed by atoms with Gasteiger partial charge in [-0.15, -0.1) is 11.3 Å². The van der Waals surface area contributed by atoms with Gasteiger partial charge in [-0.1, -0.05) is 11.6 Å². The number of aryl methyl sites for hydroxylation is 2. The maximum Gasteiger partial charge on any atom is 0.238 e. The Hall–Kier alpha value is -2.38. The lowest BCUT2D eigenvalue weighted by molar-refractivity contribution is -0.129. The second-order valence-corrected chi connectivity index (χ2v) is 8.02. The van der Waals surface area contributed by atoms with Crippen LogP contribution in [0.3, 0.4) is 0 Å². The molecule has 0 saturated heterocycles. The molecular weight excluding hydrogens is 400 g/mol. The highest BCUT2D eigenvalue weighted by molar-refractivity contribution is 7.14. The fourth-order valence-electron chi connectivity index (χ4n) is 2.39. The Morgan fingerprint density at radius 2 is 1.71 bits per heavy atom. The number of hydrazine groups is 1. The van der Waals surface area contributed by atoms with Crippen molar-refractivity contribution in [3.8, 4) is 5.75 Å². The van der Waals surface area contributed by atoms with E-state index >= 15 is 0 Å². The summed E-state index contributed by atoms with van der Waals surface area (Å²) in [4.78, 5) is 37.2. The van der Waals surface area contributed by atoms with Gasteiger partial charge in [-0.3, -0.25) is 25.2 Å². The first-order valence-corrected chi connectivity index (χ1v) is 10.1. The number of carbonyl (C=O) groups is 3. The number of carbonyl (C=O) groups excluding carboxylic acids is 3. The van der Waals surface area contributed by atoms with E-state index in [0.29, 0.717) is 22.9 Å². The monoisotopic (exact) mass is 422 g/mol. The molecule has 0 fully saturated rings. The predicted molar refractivity (Wildman–Crippen MR) is 110 cm³/mol. The number of ketones is 1. The van der Waals surface area contributed by atoms with Crippen molar-refractivity contribution < 1.29 is 19.1 Å². The Morgan fingerprint density at radius 3 is 2.36 bits per heavy atom. The Kier molecular flexibility index (Phi) is 8.47. The summed E-state index contributed by atoms with van der Waals surface area (Å²) in [6, 6.07) is 8.97. The molecule has 1 aromatic heterocycles. The van der Waals surface area contributed by atoms with Crippen molar-refractivity contribution in [2.24, 2.45) is 0 Å². The van der Waals surface area contributed by atoms with E-state index in [1.54, 1.807) is 18.2 Å². The van der Waals surface area contributed by atoms with E-state index in [9.17, 15) is 14.4 Å². The molecule has 0 saturated carbocycles. The molecule has 0 bridgehead atoms. The van der Waals surface area contributed by atoms with Crippen LogP contribution in [0.1, 0.15) is 45.8 Å². The molecule has 0 atom stereocenters. The van der Waals surface area contributed by atoms with Crippen molar-refractivity contribution in [2.75, 3.05) is 6.61 Å². The van der Waals surface area contributed by atoms with Crippen molar-refractivity contribution in [1.29, 1.82) is 0 Å². The Labute approximate surface area is 173 Å². The Morgan fingerprint density at radius 1 is 1.00 bits per heavy atom. The third kappa shape index (κ3) is 7.32. The molecule has 1 aromatic carbocycles. The van der Waals surface area contributed by atoms with Crippen LogP contribution in [-0.4, -0.2) is 24.2 Å². The SMILES string of the molecule is Cc1ccc(C(=O)CCC(=O)NNC(=O)CCCOc2ccc(Cl)cc2C)s1. The molecule has 0 spiro atoms. The highest BCUT2D eigenvalue weighted by Gasteiger charge is 2.11. The summed E-state index contributed by atoms with van der Waals surface area (Å²) >= 11 is 7.30. The van der Waals surface area contributed by atoms with Crippen LogP contribution >= 0.6 is 22.9 Å². The van der Waals surface area contributed by atoms with Crippen molar-refractivity contribution in [3.63, 3.8) is 0 Å². The van der Waals surface area contributed by atoms with Gasteiger partial charge < -0.3 is 4.74 Å². The number of amides is 2. The van der Waals surface area contributed by atoms with E-state index in [1.165, 1.54) is 11.3 Å². The molecule has 1 heterocycles. The second-order valence-electron chi connectivity index (χ2n) is 6.29. The van der Waals surface area contributed by atoms with Crippen LogP contribution in [0.15, 0.2) is 30.3 Å². The van der Waals surface area contributed by atoms with Crippen LogP contribution in [-0.2, 0) is 9.59 Å². The van der Waals surface area contributed by atoms with Crippen LogP contribution in [0.2, 0.25) is 5.02 Å². The minimum atomic E-state index is -0.400. The summed E-state index contributed by atoms with van der Waals surface area (Å²) in [7, 11) is 0. The predicted octanol–water partition coefficient (Wildman–Crippen LogP) is 3.99. The zero-order chi connectivity index (χ0) is 20.5. The zero-order valence-electron chi connectivity index (χ0n) is 15.8. The van der Waals surface area contributed by atoms with Gasteiger partial charge in [0.15, 0.2) is 5.78 Å². The summed E-state index contributed by atoms with van der Waals surface area (Å²) in [5.41, 5.74) is 5.60. The van der Waals surface area contributed by atoms with Gasteiger partial charge in [-0.25, -0.2) is 0 Å². The third-order valence-electron chi connectivity index (χ3n) is 3.88. The first-order chi connectivity index (χ1) is 13.3. The number of ether oxygens (including phenoxy) is 1. The number of hydrogen-bond acceptors (Lipinski definition) is 5. The maximum atomic E-state index is 12.0. The van der Waals surface area contributed by atoms with Crippen molar-refractivity contribution in [3.05, 3.63) is 50.7 Å². The van der Waals surface area contributed by atoms with Gasteiger partial charge in [0.2, 0.25) is 11.8 Å². The first kappa shape index (κ1) is 21.9. The molecule has 28 heavy (non-hydrogen) atoms. The van der Waals surface area contributed by atoms with E-state index in [0.717, 1.165) is 16.2 Å². The van der Waals surface area contributed by atoms with Gasteiger partial charge in [0.25, 0.3) is 0 Å². The molecule has 2 rings (SSSR count). The van der Waals surface area contributed by atoms with Crippen LogP contribution in [0.25, 0.3) is 0 Å². The van der Waals surface area contributed by atoms with Crippen LogP contribution in [0.5, 0.6) is 5.75 Å². The average molecular weight is 423 g/mol. The summed E-state index contributed by atoms with van der Waals surface area (Å²) in [5, 5.41) is 0.646. The molecule has 2 N–H and O–H groups in total. The summed E-state index contributed by atoms with van der Waals surface area (Å²) < 4.78 is 5.61. The highest BCUT2D eigenvalue weighted by Crippen LogP contribution is 2.22. The molecule has 0 radical (unpaired) electrons. The smallest absolute Gasteiger partial charge is 0.238 e. The van der Waals surface area contributed by atoms with Crippen LogP contribution in [0, 0.1) is 13.8 Å². The van der Waals surface area contributed by atoms with Crippen LogP contribution < -0.4 is 15.6 Å². The maximum absolute atomic E-state index is 12.0. The number of rotatable bonds is 9. The number of thiophene rings is 1. The highest BCUT2D eigenvalue weighted by atomic mass is 35.5. The van der Waals surface area contributed by atoms with Gasteiger partial charge in [-0.05, 0) is 56.2 Å². The molecule has 0 aliphatic rings. The molecular formula is C20H23ClN2O4S. The standard InChI is InChI=1S/C20H23ClN2O4S/c1-13-12-15(21)6-8-17(13)27-11-3-4-19(25)22-23-20(26)10-7-16(24)18-9-5-14(2)28-18/h5-6,8-9,12H,3-4,7,10-11H2,1-2H3,(H,22,25)(H,23,26). The van der Waals surface area contributed by atoms with E-state index in [2.05, 4.69) is 10.9 Å². The molecule has 2 amide bonds. The summed E-state index contributed by atoms with van der Waals surface area (Å²) in [6.45, 7) is 4.19. The molecule has 6 nitrogen and oxygen atoms in total. The lowest BCUT2D eigenvalue weighted by Crippen LogP contribution is -2.41. The van der Waals surface area contributed by atoms with Gasteiger partial charge in [-0.2, -0.15) is 0 Å². The normalized spacial score (nSPS) is 10.4. The van der Waals surface area contributed by atoms with E-state index in [1.807, 2.05) is 26.0 Å². The van der Waals surface area contributed by atoms with Gasteiger partial charge >= 0.3 is 0 Å². The molecule has 0 aliphatic carbocycles. The largest absolute Gasteiger partial charge is 0.493 e. The number of Topliss-reactive ketones (excluding diaryl/α,β-unsaturated/α-hetero) is 1. The Balaban J connectivity index is 1.58. The lowest BCUT2D eigenvalue weighted by atomic mass is 10.2. The fourth-order valence-corrected chi connectivity index (χ4v) is 3.45. The first-order valence-electron chi connectivity index (χ1n) is 8.91. The van der Waals surface area contributed by atoms with Crippen molar-refractivity contribution in [1.82, 2.24) is 10.9 Å². The summed E-state index contributed by atoms with van der Waals surface area (Å²) in [6.07, 6.45) is 0.839. The van der Waals surface area contributed by atoms with Gasteiger partial charge in [0.05, 0.1) is 11.5 Å². The minimum absolute atomic E-state index is 0.0228. The average Bonchev–Trinajstić information content (AvgIpc) is 3.09. The Bertz CT molecular complexity index is 850. The van der Waals surface area contributed by atoms with E-state index in [4.69, 9.17) is 16.3 Å². The number of halogens is 1. The zero-order valence-corrected chi connectivity index (χ0v) is 17.4. The molecule has 0 aliphatic heterocycles. The topological polar surface area (TPSA) is 84.5 Å². The second kappa shape index (κ2) is 10.8. The molecule has 150 valence electrons. The van der Waals surface area contributed by atoms with Crippen molar-refractivity contribution in [2.45, 2.75) is 39.5 Å². The quantitative estimate of drug-likeness (QED) is 0.363. The van der Waals surface area contributed by atoms with Gasteiger partial charge in [0, 0.05) is 29.2 Å². The number of benzene rings is 1. The lowest BCUT2D eigenvalue weighted by Gasteiger charge is -2.10. The minimum Gasteiger partial charge on any atom is -0.493 e. The van der Waals surface area contributed by atoms with E-state index in [-0.39, 0.29) is 31.0 Å². The molecule has 2 aromatic rings. The van der Waals surface area contributed by atoms with Crippen LogP contribution in [0.4, 0.5) is 0 Å². The third-order valence-corrected chi connectivity index (χ3v) is 5.16.